The summed E-state index contributed by atoms with van der Waals surface area (Å²) < 4.78 is 5.06. The molecule has 0 aromatic heterocycles. The van der Waals surface area contributed by atoms with Crippen LogP contribution in [0, 0.1) is 12.8 Å². The first-order valence-corrected chi connectivity index (χ1v) is 7.80. The van der Waals surface area contributed by atoms with Gasteiger partial charge in [-0.2, -0.15) is 0 Å². The van der Waals surface area contributed by atoms with Crippen LogP contribution in [0.15, 0.2) is 30.3 Å². The van der Waals surface area contributed by atoms with E-state index in [0.717, 1.165) is 24.0 Å². The highest BCUT2D eigenvalue weighted by molar-refractivity contribution is 5.92. The van der Waals surface area contributed by atoms with Crippen LogP contribution < -0.4 is 0 Å². The van der Waals surface area contributed by atoms with Gasteiger partial charge in [0.05, 0.1) is 12.5 Å². The van der Waals surface area contributed by atoms with Crippen molar-refractivity contribution in [2.24, 2.45) is 5.92 Å². The van der Waals surface area contributed by atoms with Crippen molar-refractivity contribution in [3.8, 4) is 0 Å². The third kappa shape index (κ3) is 4.45. The molecule has 0 saturated carbocycles. The monoisotopic (exact) mass is 301 g/mol. The molecule has 1 aliphatic heterocycles. The van der Waals surface area contributed by atoms with Crippen molar-refractivity contribution in [3.63, 3.8) is 0 Å². The number of likely N-dealkylation sites (tertiary alicyclic amines) is 1. The van der Waals surface area contributed by atoms with Gasteiger partial charge in [0.1, 0.15) is 0 Å². The van der Waals surface area contributed by atoms with Crippen LogP contribution >= 0.6 is 0 Å². The maximum atomic E-state index is 12.3. The van der Waals surface area contributed by atoms with Crippen LogP contribution in [0.4, 0.5) is 0 Å². The molecule has 2 rings (SSSR count). The van der Waals surface area contributed by atoms with E-state index in [1.165, 1.54) is 0 Å². The first kappa shape index (κ1) is 16.3. The SMILES string of the molecule is CCOC(=O)[C@H]1CCCN(C(=O)/C=C/c2cccc(C)c2)C1. The van der Waals surface area contributed by atoms with E-state index in [9.17, 15) is 9.59 Å². The molecule has 1 aromatic carbocycles. The summed E-state index contributed by atoms with van der Waals surface area (Å²) in [5, 5.41) is 0. The molecule has 0 N–H and O–H groups in total. The van der Waals surface area contributed by atoms with Gasteiger partial charge in [-0.15, -0.1) is 0 Å². The first-order valence-electron chi connectivity index (χ1n) is 7.80. The Morgan fingerprint density at radius 3 is 2.95 bits per heavy atom. The second-order valence-electron chi connectivity index (χ2n) is 5.62. The van der Waals surface area contributed by atoms with Gasteiger partial charge in [0.25, 0.3) is 0 Å². The molecule has 1 amide bonds. The summed E-state index contributed by atoms with van der Waals surface area (Å²) in [5.74, 6) is -0.428. The van der Waals surface area contributed by atoms with Gasteiger partial charge in [-0.05, 0) is 38.3 Å². The standard InChI is InChI=1S/C18H23NO3/c1-3-22-18(21)16-8-5-11-19(13-16)17(20)10-9-15-7-4-6-14(2)12-15/h4,6-7,9-10,12,16H,3,5,8,11,13H2,1-2H3/b10-9+/t16-/m0/s1. The van der Waals surface area contributed by atoms with Gasteiger partial charge in [-0.3, -0.25) is 9.59 Å². The minimum absolute atomic E-state index is 0.0458. The Labute approximate surface area is 131 Å². The van der Waals surface area contributed by atoms with Crippen molar-refractivity contribution in [1.29, 1.82) is 0 Å². The number of carbonyl (C=O) groups excluding carboxylic acids is 2. The van der Waals surface area contributed by atoms with Crippen LogP contribution in [-0.4, -0.2) is 36.5 Å². The maximum Gasteiger partial charge on any atom is 0.310 e. The summed E-state index contributed by atoms with van der Waals surface area (Å²) in [6, 6.07) is 7.99. The van der Waals surface area contributed by atoms with Crippen LogP contribution in [0.5, 0.6) is 0 Å². The minimum Gasteiger partial charge on any atom is -0.466 e. The van der Waals surface area contributed by atoms with E-state index in [0.29, 0.717) is 19.7 Å². The third-order valence-corrected chi connectivity index (χ3v) is 3.81. The van der Waals surface area contributed by atoms with Crippen molar-refractivity contribution in [1.82, 2.24) is 4.90 Å². The number of amides is 1. The van der Waals surface area contributed by atoms with Crippen molar-refractivity contribution < 1.29 is 14.3 Å². The Bertz CT molecular complexity index is 565. The number of aryl methyl sites for hydroxylation is 1. The maximum absolute atomic E-state index is 12.3. The number of benzene rings is 1. The van der Waals surface area contributed by atoms with Gasteiger partial charge < -0.3 is 9.64 Å². The average Bonchev–Trinajstić information content (AvgIpc) is 2.53. The lowest BCUT2D eigenvalue weighted by molar-refractivity contribution is -0.150. The van der Waals surface area contributed by atoms with E-state index in [2.05, 4.69) is 0 Å². The molecule has 118 valence electrons. The lowest BCUT2D eigenvalue weighted by atomic mass is 9.98. The molecule has 0 radical (unpaired) electrons. The minimum atomic E-state index is -0.192. The molecule has 1 heterocycles. The molecule has 1 fully saturated rings. The number of hydrogen-bond acceptors (Lipinski definition) is 3. The van der Waals surface area contributed by atoms with Gasteiger partial charge >= 0.3 is 5.97 Å². The predicted octanol–water partition coefficient (Wildman–Crippen LogP) is 2.81. The zero-order chi connectivity index (χ0) is 15.9. The summed E-state index contributed by atoms with van der Waals surface area (Å²) >= 11 is 0. The highest BCUT2D eigenvalue weighted by Crippen LogP contribution is 2.18. The van der Waals surface area contributed by atoms with Crippen LogP contribution in [-0.2, 0) is 14.3 Å². The molecule has 1 aromatic rings. The highest BCUT2D eigenvalue weighted by Gasteiger charge is 2.28. The summed E-state index contributed by atoms with van der Waals surface area (Å²) in [6.45, 7) is 5.36. The largest absolute Gasteiger partial charge is 0.466 e. The number of piperidine rings is 1. The molecule has 0 aliphatic carbocycles. The Kier molecular flexibility index (Phi) is 5.75. The molecule has 0 spiro atoms. The van der Waals surface area contributed by atoms with Gasteiger partial charge in [0.15, 0.2) is 0 Å². The number of ether oxygens (including phenoxy) is 1. The number of nitrogens with zero attached hydrogens (tertiary/aromatic N) is 1. The summed E-state index contributed by atoms with van der Waals surface area (Å²) in [6.07, 6.45) is 5.04. The predicted molar refractivity (Wildman–Crippen MR) is 86.2 cm³/mol. The van der Waals surface area contributed by atoms with Crippen LogP contribution in [0.1, 0.15) is 30.9 Å². The molecule has 1 saturated heterocycles. The van der Waals surface area contributed by atoms with Crippen LogP contribution in [0.25, 0.3) is 6.08 Å². The lowest BCUT2D eigenvalue weighted by Crippen LogP contribution is -2.42. The van der Waals surface area contributed by atoms with E-state index in [4.69, 9.17) is 4.74 Å². The first-order chi connectivity index (χ1) is 10.6. The molecule has 0 bridgehead atoms. The normalized spacial score (nSPS) is 18.5. The second kappa shape index (κ2) is 7.78. The molecular weight excluding hydrogens is 278 g/mol. The van der Waals surface area contributed by atoms with E-state index >= 15 is 0 Å². The summed E-state index contributed by atoms with van der Waals surface area (Å²) in [7, 11) is 0. The van der Waals surface area contributed by atoms with E-state index in [-0.39, 0.29) is 17.8 Å². The Morgan fingerprint density at radius 1 is 1.41 bits per heavy atom. The van der Waals surface area contributed by atoms with Crippen molar-refractivity contribution in [3.05, 3.63) is 41.5 Å². The molecular formula is C18H23NO3. The Hall–Kier alpha value is -2.10. The van der Waals surface area contributed by atoms with Gasteiger partial charge in [0.2, 0.25) is 5.91 Å². The summed E-state index contributed by atoms with van der Waals surface area (Å²) in [5.41, 5.74) is 2.17. The number of carbonyl (C=O) groups is 2. The van der Waals surface area contributed by atoms with E-state index in [1.807, 2.05) is 37.3 Å². The molecule has 1 aliphatic rings. The average molecular weight is 301 g/mol. The second-order valence-corrected chi connectivity index (χ2v) is 5.62. The third-order valence-electron chi connectivity index (χ3n) is 3.81. The fourth-order valence-corrected chi connectivity index (χ4v) is 2.68. The number of hydrogen-bond donors (Lipinski definition) is 0. The fourth-order valence-electron chi connectivity index (χ4n) is 2.68. The zero-order valence-electron chi connectivity index (χ0n) is 13.2. The summed E-state index contributed by atoms with van der Waals surface area (Å²) in [4.78, 5) is 25.8. The Balaban J connectivity index is 1.95. The van der Waals surface area contributed by atoms with E-state index in [1.54, 1.807) is 17.9 Å². The molecule has 0 unspecified atom stereocenters. The van der Waals surface area contributed by atoms with Gasteiger partial charge in [-0.1, -0.05) is 29.8 Å². The van der Waals surface area contributed by atoms with Crippen molar-refractivity contribution in [2.45, 2.75) is 26.7 Å². The number of esters is 1. The smallest absolute Gasteiger partial charge is 0.310 e. The fraction of sp³-hybridized carbons (Fsp3) is 0.444. The van der Waals surface area contributed by atoms with Crippen LogP contribution in [0.2, 0.25) is 0 Å². The highest BCUT2D eigenvalue weighted by atomic mass is 16.5. The lowest BCUT2D eigenvalue weighted by Gasteiger charge is -2.30. The Morgan fingerprint density at radius 2 is 2.23 bits per heavy atom. The molecule has 4 nitrogen and oxygen atoms in total. The van der Waals surface area contributed by atoms with E-state index < -0.39 is 0 Å². The quantitative estimate of drug-likeness (QED) is 0.634. The number of rotatable bonds is 4. The van der Waals surface area contributed by atoms with Crippen LogP contribution in [0.3, 0.4) is 0 Å². The van der Waals surface area contributed by atoms with Crippen molar-refractivity contribution in [2.75, 3.05) is 19.7 Å². The van der Waals surface area contributed by atoms with Gasteiger partial charge in [0, 0.05) is 19.2 Å². The van der Waals surface area contributed by atoms with Gasteiger partial charge in [-0.25, -0.2) is 0 Å². The molecule has 22 heavy (non-hydrogen) atoms. The molecule has 4 heteroatoms. The van der Waals surface area contributed by atoms with Crippen molar-refractivity contribution >= 4 is 18.0 Å². The molecule has 1 atom stereocenters. The zero-order valence-corrected chi connectivity index (χ0v) is 13.2. The topological polar surface area (TPSA) is 46.6 Å².